The fourth-order valence-corrected chi connectivity index (χ4v) is 2.99. The molecular weight excluding hydrogens is 270 g/mol. The Bertz CT molecular complexity index is 580. The first-order chi connectivity index (χ1) is 8.88. The maximum atomic E-state index is 12.0. The maximum absolute atomic E-state index is 12.0. The summed E-state index contributed by atoms with van der Waals surface area (Å²) in [5.74, 6) is -2.10. The van der Waals surface area contributed by atoms with Crippen LogP contribution in [0, 0.1) is 0 Å². The molecule has 2 N–H and O–H groups in total. The summed E-state index contributed by atoms with van der Waals surface area (Å²) in [7, 11) is -3.79. The van der Waals surface area contributed by atoms with Crippen molar-refractivity contribution in [2.45, 2.75) is 18.2 Å². The van der Waals surface area contributed by atoms with Crippen LogP contribution >= 0.6 is 0 Å². The van der Waals surface area contributed by atoms with Crippen molar-refractivity contribution in [3.63, 3.8) is 0 Å². The number of hydrogen-bond donors (Lipinski definition) is 2. The van der Waals surface area contributed by atoms with Gasteiger partial charge >= 0.3 is 5.97 Å². The van der Waals surface area contributed by atoms with Crippen LogP contribution in [0.1, 0.15) is 23.7 Å². The third-order valence-electron chi connectivity index (χ3n) is 2.42. The highest BCUT2D eigenvalue weighted by Gasteiger charge is 2.22. The van der Waals surface area contributed by atoms with Crippen LogP contribution in [0.4, 0.5) is 0 Å². The molecule has 0 atom stereocenters. The van der Waals surface area contributed by atoms with E-state index in [1.54, 1.807) is 6.92 Å². The molecule has 0 unspecified atom stereocenters. The monoisotopic (exact) mass is 285 g/mol. The van der Waals surface area contributed by atoms with E-state index in [1.807, 2.05) is 0 Å². The van der Waals surface area contributed by atoms with E-state index in [1.165, 1.54) is 24.3 Å². The molecule has 0 spiro atoms. The van der Waals surface area contributed by atoms with Gasteiger partial charge in [-0.3, -0.25) is 4.79 Å². The van der Waals surface area contributed by atoms with E-state index in [0.29, 0.717) is 6.54 Å². The van der Waals surface area contributed by atoms with Gasteiger partial charge in [0.05, 0.1) is 16.2 Å². The first-order valence-corrected chi connectivity index (χ1v) is 7.35. The summed E-state index contributed by atoms with van der Waals surface area (Å²) in [6.45, 7) is 2.15. The minimum absolute atomic E-state index is 0.190. The van der Waals surface area contributed by atoms with E-state index in [2.05, 4.69) is 5.32 Å². The predicted molar refractivity (Wildman–Crippen MR) is 68.8 cm³/mol. The van der Waals surface area contributed by atoms with Gasteiger partial charge in [-0.05, 0) is 19.1 Å². The van der Waals surface area contributed by atoms with Crippen molar-refractivity contribution in [3.05, 3.63) is 29.8 Å². The third-order valence-corrected chi connectivity index (χ3v) is 4.19. The molecule has 19 heavy (non-hydrogen) atoms. The lowest BCUT2D eigenvalue weighted by Gasteiger charge is -2.07. The van der Waals surface area contributed by atoms with Crippen molar-refractivity contribution in [1.82, 2.24) is 5.32 Å². The molecule has 0 saturated heterocycles. The molecule has 0 aromatic heterocycles. The summed E-state index contributed by atoms with van der Waals surface area (Å²) in [5, 5.41) is 11.4. The number of carboxylic acid groups (broad SMARTS) is 1. The lowest BCUT2D eigenvalue weighted by molar-refractivity contribution is -0.120. The molecule has 1 rings (SSSR count). The van der Waals surface area contributed by atoms with Crippen LogP contribution in [-0.2, 0) is 14.6 Å². The van der Waals surface area contributed by atoms with Gasteiger partial charge in [-0.25, -0.2) is 13.2 Å². The number of hydrogen-bond acceptors (Lipinski definition) is 4. The Morgan fingerprint density at radius 3 is 2.47 bits per heavy atom. The number of rotatable bonds is 6. The summed E-state index contributed by atoms with van der Waals surface area (Å²) in [5.41, 5.74) is -0.279. The Morgan fingerprint density at radius 2 is 1.89 bits per heavy atom. The van der Waals surface area contributed by atoms with Gasteiger partial charge in [0, 0.05) is 13.0 Å². The lowest BCUT2D eigenvalue weighted by atomic mass is 10.2. The molecule has 0 radical (unpaired) electrons. The van der Waals surface area contributed by atoms with Gasteiger partial charge in [0.15, 0.2) is 9.84 Å². The van der Waals surface area contributed by atoms with Crippen LogP contribution in [0.5, 0.6) is 0 Å². The van der Waals surface area contributed by atoms with E-state index in [9.17, 15) is 18.0 Å². The largest absolute Gasteiger partial charge is 0.478 e. The molecule has 1 aromatic carbocycles. The molecule has 0 saturated carbocycles. The Kier molecular flexibility index (Phi) is 5.05. The predicted octanol–water partition coefficient (Wildman–Crippen LogP) is 0.685. The molecule has 7 heteroatoms. The van der Waals surface area contributed by atoms with Gasteiger partial charge in [0.25, 0.3) is 0 Å². The lowest BCUT2D eigenvalue weighted by Crippen LogP contribution is -2.25. The average molecular weight is 285 g/mol. The molecule has 0 aliphatic heterocycles. The van der Waals surface area contributed by atoms with Crippen LogP contribution in [0.3, 0.4) is 0 Å². The number of aromatic carboxylic acids is 1. The van der Waals surface area contributed by atoms with Gasteiger partial charge in [-0.15, -0.1) is 0 Å². The Morgan fingerprint density at radius 1 is 1.26 bits per heavy atom. The fraction of sp³-hybridized carbons (Fsp3) is 0.333. The van der Waals surface area contributed by atoms with Crippen LogP contribution in [-0.4, -0.2) is 37.7 Å². The Balaban J connectivity index is 2.95. The van der Waals surface area contributed by atoms with Crippen LogP contribution < -0.4 is 5.32 Å². The highest BCUT2D eigenvalue weighted by Crippen LogP contribution is 2.17. The van der Waals surface area contributed by atoms with Gasteiger partial charge in [0.2, 0.25) is 5.91 Å². The average Bonchev–Trinajstić information content (AvgIpc) is 2.37. The van der Waals surface area contributed by atoms with Crippen molar-refractivity contribution in [1.29, 1.82) is 0 Å². The summed E-state index contributed by atoms with van der Waals surface area (Å²) < 4.78 is 24.0. The van der Waals surface area contributed by atoms with Crippen LogP contribution in [0.15, 0.2) is 29.2 Å². The van der Waals surface area contributed by atoms with Crippen molar-refractivity contribution in [2.75, 3.05) is 12.3 Å². The van der Waals surface area contributed by atoms with Crippen LogP contribution in [0.25, 0.3) is 0 Å². The second-order valence-corrected chi connectivity index (χ2v) is 5.90. The van der Waals surface area contributed by atoms with Gasteiger partial charge in [0.1, 0.15) is 0 Å². The molecule has 0 heterocycles. The zero-order valence-electron chi connectivity index (χ0n) is 10.4. The second-order valence-electron chi connectivity index (χ2n) is 3.82. The van der Waals surface area contributed by atoms with Crippen molar-refractivity contribution >= 4 is 21.7 Å². The molecular formula is C12H15NO5S. The third kappa shape index (κ3) is 4.06. The summed E-state index contributed by atoms with van der Waals surface area (Å²) >= 11 is 0. The van der Waals surface area contributed by atoms with E-state index < -0.39 is 21.6 Å². The number of carboxylic acids is 1. The molecule has 0 fully saturated rings. The maximum Gasteiger partial charge on any atom is 0.337 e. The topological polar surface area (TPSA) is 101 Å². The molecule has 0 aliphatic rings. The smallest absolute Gasteiger partial charge is 0.337 e. The fourth-order valence-electron chi connectivity index (χ4n) is 1.54. The minimum Gasteiger partial charge on any atom is -0.478 e. The standard InChI is InChI=1S/C12H15NO5S/c1-2-13-11(14)7-8-19(17,18)10-6-4-3-5-9(10)12(15)16/h3-6H,2,7-8H2,1H3,(H,13,14)(H,15,16). The normalized spacial score (nSPS) is 11.0. The number of amides is 1. The van der Waals surface area contributed by atoms with E-state index in [4.69, 9.17) is 5.11 Å². The minimum atomic E-state index is -3.79. The second kappa shape index (κ2) is 6.33. The summed E-state index contributed by atoms with van der Waals surface area (Å²) in [4.78, 5) is 22.0. The van der Waals surface area contributed by atoms with Gasteiger partial charge in [-0.1, -0.05) is 12.1 Å². The number of benzene rings is 1. The highest BCUT2D eigenvalue weighted by atomic mass is 32.2. The molecule has 104 valence electrons. The van der Waals surface area contributed by atoms with E-state index in [0.717, 1.165) is 0 Å². The van der Waals surface area contributed by atoms with E-state index >= 15 is 0 Å². The van der Waals surface area contributed by atoms with Crippen molar-refractivity contribution < 1.29 is 23.1 Å². The van der Waals surface area contributed by atoms with Crippen LogP contribution in [0.2, 0.25) is 0 Å². The van der Waals surface area contributed by atoms with Crippen molar-refractivity contribution in [2.24, 2.45) is 0 Å². The number of carbonyl (C=O) groups excluding carboxylic acids is 1. The Hall–Kier alpha value is -1.89. The number of sulfone groups is 1. The van der Waals surface area contributed by atoms with Gasteiger partial charge < -0.3 is 10.4 Å². The number of nitrogens with one attached hydrogen (secondary N) is 1. The zero-order chi connectivity index (χ0) is 14.5. The Labute approximate surface area is 111 Å². The van der Waals surface area contributed by atoms with Gasteiger partial charge in [-0.2, -0.15) is 0 Å². The number of carbonyl (C=O) groups is 2. The quantitative estimate of drug-likeness (QED) is 0.800. The van der Waals surface area contributed by atoms with Crippen molar-refractivity contribution in [3.8, 4) is 0 Å². The highest BCUT2D eigenvalue weighted by molar-refractivity contribution is 7.91. The van der Waals surface area contributed by atoms with E-state index in [-0.39, 0.29) is 22.8 Å². The first kappa shape index (κ1) is 15.2. The zero-order valence-corrected chi connectivity index (χ0v) is 11.2. The summed E-state index contributed by atoms with van der Waals surface area (Å²) in [6.07, 6.45) is -0.190. The molecule has 1 aromatic rings. The first-order valence-electron chi connectivity index (χ1n) is 5.70. The molecule has 1 amide bonds. The molecule has 0 aliphatic carbocycles. The summed E-state index contributed by atoms with van der Waals surface area (Å²) in [6, 6.07) is 5.36. The molecule has 6 nitrogen and oxygen atoms in total. The molecule has 0 bridgehead atoms. The SMILES string of the molecule is CCNC(=O)CCS(=O)(=O)c1ccccc1C(=O)O.